The predicted octanol–water partition coefficient (Wildman–Crippen LogP) is 2.55. The molecule has 6 heteroatoms. The molecule has 0 heterocycles. The van der Waals surface area contributed by atoms with Crippen LogP contribution in [0, 0.1) is 5.92 Å². The number of hydrogen-bond donors (Lipinski definition) is 1. The van der Waals surface area contributed by atoms with Gasteiger partial charge in [-0.15, -0.1) is 0 Å². The lowest BCUT2D eigenvalue weighted by atomic mass is 9.92. The highest BCUT2D eigenvalue weighted by Crippen LogP contribution is 2.22. The Hall–Kier alpha value is -0.780. The van der Waals surface area contributed by atoms with Crippen LogP contribution in [0.1, 0.15) is 40.5 Å². The molecule has 0 aliphatic heterocycles. The van der Waals surface area contributed by atoms with Gasteiger partial charge >= 0.3 is 6.18 Å². The van der Waals surface area contributed by atoms with E-state index in [9.17, 15) is 18.0 Å². The van der Waals surface area contributed by atoms with Crippen molar-refractivity contribution in [3.05, 3.63) is 0 Å². The molecule has 0 fully saturated rings. The Labute approximate surface area is 107 Å². The van der Waals surface area contributed by atoms with E-state index < -0.39 is 24.2 Å². The fourth-order valence-corrected chi connectivity index (χ4v) is 1.74. The first kappa shape index (κ1) is 17.2. The van der Waals surface area contributed by atoms with Gasteiger partial charge in [-0.05, 0) is 18.8 Å². The van der Waals surface area contributed by atoms with E-state index in [4.69, 9.17) is 5.73 Å². The first-order valence-electron chi connectivity index (χ1n) is 6.20. The van der Waals surface area contributed by atoms with Crippen molar-refractivity contribution in [2.75, 3.05) is 13.1 Å². The van der Waals surface area contributed by atoms with Crippen molar-refractivity contribution in [1.82, 2.24) is 4.90 Å². The zero-order valence-electron chi connectivity index (χ0n) is 11.5. The van der Waals surface area contributed by atoms with Crippen molar-refractivity contribution in [2.45, 2.75) is 52.3 Å². The molecule has 0 aromatic carbocycles. The summed E-state index contributed by atoms with van der Waals surface area (Å²) in [6.45, 7) is 5.80. The minimum atomic E-state index is -4.40. The first-order valence-corrected chi connectivity index (χ1v) is 6.20. The molecule has 3 nitrogen and oxygen atoms in total. The van der Waals surface area contributed by atoms with Gasteiger partial charge in [0.1, 0.15) is 6.54 Å². The smallest absolute Gasteiger partial charge is 0.332 e. The van der Waals surface area contributed by atoms with Crippen LogP contribution in [0.5, 0.6) is 0 Å². The fraction of sp³-hybridized carbons (Fsp3) is 0.917. The van der Waals surface area contributed by atoms with Crippen molar-refractivity contribution >= 4 is 5.91 Å². The maximum Gasteiger partial charge on any atom is 0.406 e. The third kappa shape index (κ3) is 5.25. The van der Waals surface area contributed by atoms with Crippen LogP contribution in [-0.2, 0) is 4.79 Å². The van der Waals surface area contributed by atoms with E-state index in [1.54, 1.807) is 27.7 Å². The molecule has 0 atom stereocenters. The van der Waals surface area contributed by atoms with Gasteiger partial charge in [-0.1, -0.05) is 27.7 Å². The molecule has 2 N–H and O–H groups in total. The molecule has 0 saturated heterocycles. The van der Waals surface area contributed by atoms with E-state index >= 15 is 0 Å². The summed E-state index contributed by atoms with van der Waals surface area (Å²) in [5, 5.41) is 0. The zero-order valence-corrected chi connectivity index (χ0v) is 11.5. The number of alkyl halides is 3. The van der Waals surface area contributed by atoms with Crippen LogP contribution < -0.4 is 5.73 Å². The fourth-order valence-electron chi connectivity index (χ4n) is 1.74. The summed E-state index contributed by atoms with van der Waals surface area (Å²) in [7, 11) is 0. The Morgan fingerprint density at radius 3 is 1.94 bits per heavy atom. The molecule has 18 heavy (non-hydrogen) atoms. The second-order valence-corrected chi connectivity index (χ2v) is 5.06. The molecular weight excluding hydrogens is 245 g/mol. The second kappa shape index (κ2) is 6.41. The molecule has 0 aromatic rings. The summed E-state index contributed by atoms with van der Waals surface area (Å²) in [5.74, 6) is -0.646. The molecule has 0 spiro atoms. The summed E-state index contributed by atoms with van der Waals surface area (Å²) < 4.78 is 37.4. The molecule has 0 aliphatic rings. The molecule has 0 bridgehead atoms. The van der Waals surface area contributed by atoms with Gasteiger partial charge in [-0.3, -0.25) is 4.79 Å². The first-order chi connectivity index (χ1) is 8.05. The van der Waals surface area contributed by atoms with Crippen molar-refractivity contribution in [3.8, 4) is 0 Å². The Morgan fingerprint density at radius 2 is 1.67 bits per heavy atom. The summed E-state index contributed by atoms with van der Waals surface area (Å²) in [6, 6.07) is 0. The van der Waals surface area contributed by atoms with Crippen LogP contribution in [0.4, 0.5) is 13.2 Å². The number of nitrogens with zero attached hydrogens (tertiary/aromatic N) is 1. The lowest BCUT2D eigenvalue weighted by Crippen LogP contribution is -2.57. The van der Waals surface area contributed by atoms with Crippen molar-refractivity contribution in [1.29, 1.82) is 0 Å². The van der Waals surface area contributed by atoms with E-state index in [0.29, 0.717) is 12.8 Å². The highest BCUT2D eigenvalue weighted by molar-refractivity contribution is 5.86. The number of amides is 1. The highest BCUT2D eigenvalue weighted by Gasteiger charge is 2.39. The molecule has 0 rings (SSSR count). The molecular formula is C12H23F3N2O. The normalized spacial score (nSPS) is 12.9. The summed E-state index contributed by atoms with van der Waals surface area (Å²) in [5.41, 5.74) is 4.68. The van der Waals surface area contributed by atoms with E-state index in [1.165, 1.54) is 0 Å². The molecule has 108 valence electrons. The Morgan fingerprint density at radius 1 is 1.22 bits per heavy atom. The van der Waals surface area contributed by atoms with E-state index in [0.717, 1.165) is 4.90 Å². The summed E-state index contributed by atoms with van der Waals surface area (Å²) in [4.78, 5) is 13.0. The molecule has 0 aliphatic carbocycles. The van der Waals surface area contributed by atoms with Gasteiger partial charge in [0.05, 0.1) is 5.54 Å². The molecule has 0 aromatic heterocycles. The van der Waals surface area contributed by atoms with Gasteiger partial charge < -0.3 is 10.6 Å². The Bertz CT molecular complexity index is 273. The van der Waals surface area contributed by atoms with Crippen molar-refractivity contribution in [2.24, 2.45) is 11.7 Å². The number of carbonyl (C=O) groups excluding carboxylic acids is 1. The molecule has 0 saturated carbocycles. The minimum absolute atomic E-state index is 0.0331. The highest BCUT2D eigenvalue weighted by atomic mass is 19.4. The lowest BCUT2D eigenvalue weighted by Gasteiger charge is -2.34. The van der Waals surface area contributed by atoms with E-state index in [1.807, 2.05) is 0 Å². The Kier molecular flexibility index (Phi) is 6.13. The number of carbonyl (C=O) groups is 1. The quantitative estimate of drug-likeness (QED) is 0.804. The number of rotatable bonds is 6. The van der Waals surface area contributed by atoms with Crippen LogP contribution in [0.15, 0.2) is 0 Å². The van der Waals surface area contributed by atoms with Crippen LogP contribution >= 0.6 is 0 Å². The van der Waals surface area contributed by atoms with Gasteiger partial charge in [-0.25, -0.2) is 0 Å². The Balaban J connectivity index is 5.01. The summed E-state index contributed by atoms with van der Waals surface area (Å²) in [6.07, 6.45) is -3.74. The van der Waals surface area contributed by atoms with Crippen molar-refractivity contribution < 1.29 is 18.0 Å². The number of nitrogens with two attached hydrogens (primary N) is 1. The largest absolute Gasteiger partial charge is 0.406 e. The summed E-state index contributed by atoms with van der Waals surface area (Å²) >= 11 is 0. The van der Waals surface area contributed by atoms with E-state index in [-0.39, 0.29) is 12.5 Å². The predicted molar refractivity (Wildman–Crippen MR) is 65.0 cm³/mol. The van der Waals surface area contributed by atoms with Crippen molar-refractivity contribution in [3.63, 3.8) is 0 Å². The van der Waals surface area contributed by atoms with E-state index in [2.05, 4.69) is 0 Å². The average molecular weight is 268 g/mol. The molecule has 0 radical (unpaired) electrons. The SMILES string of the molecule is CCC(N)(CC)C(=O)N(CC(C)C)CC(F)(F)F. The van der Waals surface area contributed by atoms with Crippen LogP contribution in [0.2, 0.25) is 0 Å². The number of halogens is 3. The average Bonchev–Trinajstić information content (AvgIpc) is 2.23. The standard InChI is InChI=1S/C12H23F3N2O/c1-5-11(16,6-2)10(18)17(7-9(3)4)8-12(13,14)15/h9H,5-8,16H2,1-4H3. The second-order valence-electron chi connectivity index (χ2n) is 5.06. The minimum Gasteiger partial charge on any atom is -0.332 e. The topological polar surface area (TPSA) is 46.3 Å². The lowest BCUT2D eigenvalue weighted by molar-refractivity contribution is -0.165. The monoisotopic (exact) mass is 268 g/mol. The van der Waals surface area contributed by atoms with Crippen LogP contribution in [0.25, 0.3) is 0 Å². The maximum absolute atomic E-state index is 12.5. The van der Waals surface area contributed by atoms with Gasteiger partial charge in [0.2, 0.25) is 5.91 Å². The third-order valence-electron chi connectivity index (χ3n) is 2.93. The van der Waals surface area contributed by atoms with Gasteiger partial charge in [0, 0.05) is 6.54 Å². The van der Waals surface area contributed by atoms with Crippen LogP contribution in [0.3, 0.4) is 0 Å². The van der Waals surface area contributed by atoms with Crippen LogP contribution in [-0.4, -0.2) is 35.6 Å². The third-order valence-corrected chi connectivity index (χ3v) is 2.93. The zero-order chi connectivity index (χ0) is 14.6. The van der Waals surface area contributed by atoms with Gasteiger partial charge in [0.15, 0.2) is 0 Å². The van der Waals surface area contributed by atoms with Gasteiger partial charge in [0.25, 0.3) is 0 Å². The maximum atomic E-state index is 12.5. The molecule has 1 amide bonds. The van der Waals surface area contributed by atoms with Gasteiger partial charge in [-0.2, -0.15) is 13.2 Å². The number of hydrogen-bond acceptors (Lipinski definition) is 2. The molecule has 0 unspecified atom stereocenters.